The van der Waals surface area contributed by atoms with Crippen molar-refractivity contribution in [3.05, 3.63) is 24.3 Å². The van der Waals surface area contributed by atoms with Gasteiger partial charge in [0.05, 0.1) is 0 Å². The fraction of sp³-hybridized carbons (Fsp3) is 0.500. The van der Waals surface area contributed by atoms with Crippen molar-refractivity contribution < 1.29 is 26.3 Å². The van der Waals surface area contributed by atoms with Crippen molar-refractivity contribution in [1.29, 1.82) is 0 Å². The van der Waals surface area contributed by atoms with E-state index in [2.05, 4.69) is 10.1 Å². The van der Waals surface area contributed by atoms with Crippen LogP contribution in [-0.2, 0) is 10.0 Å². The van der Waals surface area contributed by atoms with Crippen molar-refractivity contribution in [3.63, 3.8) is 0 Å². The van der Waals surface area contributed by atoms with Gasteiger partial charge in [0.15, 0.2) is 0 Å². The van der Waals surface area contributed by atoms with E-state index in [1.54, 1.807) is 7.05 Å². The highest BCUT2D eigenvalue weighted by molar-refractivity contribution is 7.89. The molecular weight excluding hydrogens is 309 g/mol. The Labute approximate surface area is 121 Å². The Balaban J connectivity index is 3.02. The number of rotatable bonds is 7. The van der Waals surface area contributed by atoms with E-state index >= 15 is 0 Å². The van der Waals surface area contributed by atoms with E-state index in [1.165, 1.54) is 19.2 Å². The predicted octanol–water partition coefficient (Wildman–Crippen LogP) is 1.82. The highest BCUT2D eigenvalue weighted by Crippen LogP contribution is 2.30. The summed E-state index contributed by atoms with van der Waals surface area (Å²) in [4.78, 5) is -0.505. The average molecular weight is 326 g/mol. The number of benzene rings is 1. The van der Waals surface area contributed by atoms with Gasteiger partial charge in [-0.15, -0.1) is 13.2 Å². The summed E-state index contributed by atoms with van der Waals surface area (Å²) in [5.74, 6) is -0.731. The molecule has 0 unspecified atom stereocenters. The minimum absolute atomic E-state index is 0.184. The van der Waals surface area contributed by atoms with Gasteiger partial charge in [-0.3, -0.25) is 0 Å². The SMILES string of the molecule is CNCCCN(C)S(=O)(=O)c1ccccc1OC(F)(F)F. The number of alkyl halides is 3. The largest absolute Gasteiger partial charge is 0.573 e. The lowest BCUT2D eigenvalue weighted by molar-refractivity contribution is -0.275. The van der Waals surface area contributed by atoms with Gasteiger partial charge in [-0.1, -0.05) is 12.1 Å². The molecule has 0 spiro atoms. The molecule has 0 aliphatic heterocycles. The summed E-state index contributed by atoms with van der Waals surface area (Å²) in [7, 11) is -1.00. The van der Waals surface area contributed by atoms with Crippen LogP contribution in [0, 0.1) is 0 Å². The molecule has 0 saturated heterocycles. The van der Waals surface area contributed by atoms with Gasteiger partial charge in [0.2, 0.25) is 10.0 Å². The maximum atomic E-state index is 12.3. The van der Waals surface area contributed by atoms with Crippen molar-refractivity contribution in [2.75, 3.05) is 27.2 Å². The molecule has 0 aliphatic rings. The van der Waals surface area contributed by atoms with Crippen molar-refractivity contribution in [2.24, 2.45) is 0 Å². The van der Waals surface area contributed by atoms with Crippen LogP contribution in [0.1, 0.15) is 6.42 Å². The van der Waals surface area contributed by atoms with E-state index in [4.69, 9.17) is 0 Å². The molecule has 0 fully saturated rings. The molecule has 21 heavy (non-hydrogen) atoms. The second-order valence-corrected chi connectivity index (χ2v) is 6.29. The standard InChI is InChI=1S/C12H17F3N2O3S/c1-16-8-5-9-17(2)21(18,19)11-7-4-3-6-10(11)20-12(13,14)15/h3-4,6-7,16H,5,8-9H2,1-2H3. The van der Waals surface area contributed by atoms with Crippen molar-refractivity contribution in [1.82, 2.24) is 9.62 Å². The van der Waals surface area contributed by atoms with Gasteiger partial charge in [0.1, 0.15) is 10.6 Å². The van der Waals surface area contributed by atoms with Gasteiger partial charge in [0.25, 0.3) is 0 Å². The van der Waals surface area contributed by atoms with E-state index < -0.39 is 27.0 Å². The lowest BCUT2D eigenvalue weighted by atomic mass is 10.3. The molecule has 0 saturated carbocycles. The van der Waals surface area contributed by atoms with E-state index in [-0.39, 0.29) is 6.54 Å². The Kier molecular flexibility index (Phi) is 5.99. The van der Waals surface area contributed by atoms with Crippen LogP contribution in [0.4, 0.5) is 13.2 Å². The van der Waals surface area contributed by atoms with Crippen LogP contribution in [0.2, 0.25) is 0 Å². The van der Waals surface area contributed by atoms with E-state index in [0.29, 0.717) is 13.0 Å². The number of nitrogens with one attached hydrogen (secondary N) is 1. The molecule has 9 heteroatoms. The van der Waals surface area contributed by atoms with Gasteiger partial charge in [-0.25, -0.2) is 12.7 Å². The number of halogens is 3. The lowest BCUT2D eigenvalue weighted by Gasteiger charge is -2.19. The first-order valence-corrected chi connectivity index (χ1v) is 7.58. The quantitative estimate of drug-likeness (QED) is 0.777. The molecule has 120 valence electrons. The first kappa shape index (κ1) is 17.7. The Morgan fingerprint density at radius 3 is 2.48 bits per heavy atom. The van der Waals surface area contributed by atoms with Gasteiger partial charge >= 0.3 is 6.36 Å². The number of hydrogen-bond donors (Lipinski definition) is 1. The topological polar surface area (TPSA) is 58.6 Å². The highest BCUT2D eigenvalue weighted by atomic mass is 32.2. The summed E-state index contributed by atoms with van der Waals surface area (Å²) in [6.45, 7) is 0.782. The number of nitrogens with zero attached hydrogens (tertiary/aromatic N) is 1. The molecule has 1 rings (SSSR count). The minimum atomic E-state index is -4.95. The Bertz CT molecular complexity index is 561. The van der Waals surface area contributed by atoms with Crippen LogP contribution >= 0.6 is 0 Å². The molecule has 5 nitrogen and oxygen atoms in total. The molecule has 0 amide bonds. The molecule has 0 aliphatic carbocycles. The van der Waals surface area contributed by atoms with E-state index in [9.17, 15) is 21.6 Å². The summed E-state index contributed by atoms with van der Waals surface area (Å²) in [5, 5.41) is 2.86. The molecule has 0 bridgehead atoms. The van der Waals surface area contributed by atoms with Crippen LogP contribution in [-0.4, -0.2) is 46.3 Å². The Hall–Kier alpha value is -1.32. The summed E-state index contributed by atoms with van der Waals surface area (Å²) in [6.07, 6.45) is -4.41. The van der Waals surface area contributed by atoms with Gasteiger partial charge in [0, 0.05) is 13.6 Å². The molecule has 1 aromatic rings. The fourth-order valence-electron chi connectivity index (χ4n) is 1.64. The maximum absolute atomic E-state index is 12.3. The number of para-hydroxylation sites is 1. The second-order valence-electron chi connectivity index (χ2n) is 4.28. The van der Waals surface area contributed by atoms with Crippen LogP contribution in [0.15, 0.2) is 29.2 Å². The molecule has 0 atom stereocenters. The molecule has 0 aromatic heterocycles. The van der Waals surface area contributed by atoms with Gasteiger partial charge in [-0.05, 0) is 32.1 Å². The summed E-state index contributed by atoms with van der Waals surface area (Å²) >= 11 is 0. The zero-order valence-corrected chi connectivity index (χ0v) is 12.5. The Morgan fingerprint density at radius 2 is 1.90 bits per heavy atom. The van der Waals surface area contributed by atoms with Crippen LogP contribution in [0.5, 0.6) is 5.75 Å². The first-order valence-electron chi connectivity index (χ1n) is 6.14. The zero-order chi connectivity index (χ0) is 16.1. The highest BCUT2D eigenvalue weighted by Gasteiger charge is 2.34. The van der Waals surface area contributed by atoms with Gasteiger partial charge in [-0.2, -0.15) is 0 Å². The third-order valence-corrected chi connectivity index (χ3v) is 4.56. The second kappa shape index (κ2) is 7.10. The predicted molar refractivity (Wildman–Crippen MR) is 71.5 cm³/mol. The van der Waals surface area contributed by atoms with Crippen LogP contribution in [0.3, 0.4) is 0 Å². The third-order valence-electron chi connectivity index (χ3n) is 2.66. The smallest absolute Gasteiger partial charge is 0.404 e. The normalized spacial score (nSPS) is 12.7. The summed E-state index contributed by atoms with van der Waals surface area (Å²) in [6, 6.07) is 4.69. The molecule has 1 aromatic carbocycles. The fourth-order valence-corrected chi connectivity index (χ4v) is 2.96. The average Bonchev–Trinajstić information content (AvgIpc) is 2.37. The number of ether oxygens (including phenoxy) is 1. The van der Waals surface area contributed by atoms with Crippen molar-refractivity contribution in [2.45, 2.75) is 17.7 Å². The summed E-state index contributed by atoms with van der Waals surface area (Å²) in [5.41, 5.74) is 0. The number of hydrogen-bond acceptors (Lipinski definition) is 4. The van der Waals surface area contributed by atoms with Crippen LogP contribution < -0.4 is 10.1 Å². The Morgan fingerprint density at radius 1 is 1.29 bits per heavy atom. The maximum Gasteiger partial charge on any atom is 0.573 e. The van der Waals surface area contributed by atoms with Crippen molar-refractivity contribution in [3.8, 4) is 5.75 Å². The first-order chi connectivity index (χ1) is 9.68. The molecule has 0 heterocycles. The minimum Gasteiger partial charge on any atom is -0.404 e. The van der Waals surface area contributed by atoms with E-state index in [0.717, 1.165) is 16.4 Å². The van der Waals surface area contributed by atoms with Gasteiger partial charge < -0.3 is 10.1 Å². The van der Waals surface area contributed by atoms with E-state index in [1.807, 2.05) is 0 Å². The molecule has 0 radical (unpaired) electrons. The number of sulfonamides is 1. The molecular formula is C12H17F3N2O3S. The zero-order valence-electron chi connectivity index (χ0n) is 11.6. The third kappa shape index (κ3) is 5.18. The van der Waals surface area contributed by atoms with Crippen LogP contribution in [0.25, 0.3) is 0 Å². The monoisotopic (exact) mass is 326 g/mol. The van der Waals surface area contributed by atoms with Crippen molar-refractivity contribution >= 4 is 10.0 Å². The summed E-state index contributed by atoms with van der Waals surface area (Å²) < 4.78 is 66.3. The lowest BCUT2D eigenvalue weighted by Crippen LogP contribution is -2.30. The molecule has 1 N–H and O–H groups in total.